The average Bonchev–Trinajstić information content (AvgIpc) is 3.25. The third kappa shape index (κ3) is 2.21. The van der Waals surface area contributed by atoms with Gasteiger partial charge in [-0.3, -0.25) is 0 Å². The van der Waals surface area contributed by atoms with Gasteiger partial charge in [0.1, 0.15) is 0 Å². The summed E-state index contributed by atoms with van der Waals surface area (Å²) >= 11 is 0. The van der Waals surface area contributed by atoms with Crippen molar-refractivity contribution in [1.29, 1.82) is 0 Å². The minimum absolute atomic E-state index is 0.308. The zero-order valence-electron chi connectivity index (χ0n) is 11.5. The first kappa shape index (κ1) is 12.2. The molecule has 18 heavy (non-hydrogen) atoms. The van der Waals surface area contributed by atoms with Gasteiger partial charge in [-0.15, -0.1) is 0 Å². The van der Waals surface area contributed by atoms with Gasteiger partial charge in [0.25, 0.3) is 0 Å². The van der Waals surface area contributed by atoms with Crippen molar-refractivity contribution >= 4 is 0 Å². The van der Waals surface area contributed by atoms with Crippen molar-refractivity contribution in [1.82, 2.24) is 5.32 Å². The Balaban J connectivity index is 1.91. The van der Waals surface area contributed by atoms with Crippen LogP contribution in [-0.2, 0) is 12.0 Å². The molecule has 0 spiro atoms. The van der Waals surface area contributed by atoms with Crippen LogP contribution in [0.4, 0.5) is 0 Å². The quantitative estimate of drug-likeness (QED) is 0.845. The van der Waals surface area contributed by atoms with E-state index in [1.807, 2.05) is 0 Å². The summed E-state index contributed by atoms with van der Waals surface area (Å²) < 4.78 is 0. The maximum absolute atomic E-state index is 3.91. The molecule has 0 aromatic heterocycles. The first-order valence-electron chi connectivity index (χ1n) is 7.69. The molecule has 1 aliphatic heterocycles. The first-order chi connectivity index (χ1) is 8.85. The molecule has 98 valence electrons. The van der Waals surface area contributed by atoms with Crippen LogP contribution in [0.2, 0.25) is 0 Å². The number of benzene rings is 1. The second-order valence-corrected chi connectivity index (χ2v) is 6.03. The lowest BCUT2D eigenvalue weighted by molar-refractivity contribution is 0.279. The summed E-state index contributed by atoms with van der Waals surface area (Å²) in [7, 11) is 0. The van der Waals surface area contributed by atoms with E-state index in [1.54, 1.807) is 5.56 Å². The Labute approximate surface area is 111 Å². The van der Waals surface area contributed by atoms with Crippen LogP contribution in [0.1, 0.15) is 56.6 Å². The lowest BCUT2D eigenvalue weighted by atomic mass is 9.81. The fraction of sp³-hybridized carbons (Fsp3) is 0.647. The summed E-state index contributed by atoms with van der Waals surface area (Å²) in [5, 5.41) is 3.91. The third-order valence-corrected chi connectivity index (χ3v) is 4.84. The molecule has 0 amide bonds. The zero-order valence-corrected chi connectivity index (χ0v) is 11.5. The van der Waals surface area contributed by atoms with Gasteiger partial charge < -0.3 is 5.32 Å². The zero-order chi connectivity index (χ0) is 12.4. The molecule has 2 fully saturated rings. The Morgan fingerprint density at radius 3 is 2.56 bits per heavy atom. The molecule has 1 unspecified atom stereocenters. The molecule has 1 aromatic carbocycles. The predicted molar refractivity (Wildman–Crippen MR) is 76.7 cm³/mol. The van der Waals surface area contributed by atoms with Gasteiger partial charge in [0, 0.05) is 5.54 Å². The highest BCUT2D eigenvalue weighted by Crippen LogP contribution is 2.49. The SMILES string of the molecule is CCc1ccc(C2(C3CC3)CCCCCN2)cc1. The largest absolute Gasteiger partial charge is 0.307 e. The Morgan fingerprint density at radius 2 is 1.89 bits per heavy atom. The molecular weight excluding hydrogens is 218 g/mol. The number of nitrogens with one attached hydrogen (secondary N) is 1. The molecule has 1 atom stereocenters. The van der Waals surface area contributed by atoms with E-state index in [2.05, 4.69) is 36.5 Å². The van der Waals surface area contributed by atoms with Crippen LogP contribution in [0.5, 0.6) is 0 Å². The van der Waals surface area contributed by atoms with Crippen molar-refractivity contribution in [2.24, 2.45) is 5.92 Å². The van der Waals surface area contributed by atoms with E-state index < -0.39 is 0 Å². The van der Waals surface area contributed by atoms with Crippen LogP contribution in [0.25, 0.3) is 0 Å². The van der Waals surface area contributed by atoms with Crippen LogP contribution in [0, 0.1) is 5.92 Å². The topological polar surface area (TPSA) is 12.0 Å². The number of hydrogen-bond acceptors (Lipinski definition) is 1. The van der Waals surface area contributed by atoms with Crippen LogP contribution >= 0.6 is 0 Å². The van der Waals surface area contributed by atoms with Gasteiger partial charge in [-0.1, -0.05) is 44.0 Å². The van der Waals surface area contributed by atoms with E-state index in [-0.39, 0.29) is 0 Å². The maximum atomic E-state index is 3.91. The fourth-order valence-electron chi connectivity index (χ4n) is 3.55. The Kier molecular flexibility index (Phi) is 3.43. The lowest BCUT2D eigenvalue weighted by Gasteiger charge is -2.35. The Morgan fingerprint density at radius 1 is 1.11 bits per heavy atom. The predicted octanol–water partition coefficient (Wildman–Crippen LogP) is 4.02. The smallest absolute Gasteiger partial charge is 0.0463 e. The second-order valence-electron chi connectivity index (χ2n) is 6.03. The highest BCUT2D eigenvalue weighted by atomic mass is 15.0. The number of aryl methyl sites for hydroxylation is 1. The van der Waals surface area contributed by atoms with Crippen molar-refractivity contribution in [3.8, 4) is 0 Å². The molecule has 1 aliphatic carbocycles. The van der Waals surface area contributed by atoms with Gasteiger partial charge in [-0.05, 0) is 55.7 Å². The monoisotopic (exact) mass is 243 g/mol. The first-order valence-corrected chi connectivity index (χ1v) is 7.69. The normalized spacial score (nSPS) is 28.9. The maximum Gasteiger partial charge on any atom is 0.0463 e. The van der Waals surface area contributed by atoms with Crippen LogP contribution in [0.3, 0.4) is 0 Å². The molecule has 2 aliphatic rings. The van der Waals surface area contributed by atoms with Gasteiger partial charge in [-0.25, -0.2) is 0 Å². The van der Waals surface area contributed by atoms with E-state index >= 15 is 0 Å². The lowest BCUT2D eigenvalue weighted by Crippen LogP contribution is -2.43. The molecule has 1 aromatic rings. The molecule has 3 rings (SSSR count). The molecule has 1 heteroatoms. The van der Waals surface area contributed by atoms with E-state index in [9.17, 15) is 0 Å². The van der Waals surface area contributed by atoms with Crippen LogP contribution in [-0.4, -0.2) is 6.54 Å². The molecule has 1 nitrogen and oxygen atoms in total. The van der Waals surface area contributed by atoms with E-state index in [0.717, 1.165) is 12.3 Å². The summed E-state index contributed by atoms with van der Waals surface area (Å²) in [6.45, 7) is 3.43. The van der Waals surface area contributed by atoms with Gasteiger partial charge in [0.15, 0.2) is 0 Å². The summed E-state index contributed by atoms with van der Waals surface area (Å²) in [6.07, 6.45) is 9.45. The standard InChI is InChI=1S/C17H25N/c1-2-14-6-8-15(9-7-14)17(16-10-11-16)12-4-3-5-13-18-17/h6-9,16,18H,2-5,10-13H2,1H3. The summed E-state index contributed by atoms with van der Waals surface area (Å²) in [5.74, 6) is 0.892. The van der Waals surface area contributed by atoms with Gasteiger partial charge in [0.05, 0.1) is 0 Å². The van der Waals surface area contributed by atoms with Gasteiger partial charge >= 0.3 is 0 Å². The minimum Gasteiger partial charge on any atom is -0.307 e. The van der Waals surface area contributed by atoms with Crippen LogP contribution in [0.15, 0.2) is 24.3 Å². The summed E-state index contributed by atoms with van der Waals surface area (Å²) in [6, 6.07) is 9.42. The average molecular weight is 243 g/mol. The van der Waals surface area contributed by atoms with Crippen molar-refractivity contribution in [3.05, 3.63) is 35.4 Å². The van der Waals surface area contributed by atoms with Crippen molar-refractivity contribution in [2.75, 3.05) is 6.54 Å². The fourth-order valence-corrected chi connectivity index (χ4v) is 3.55. The van der Waals surface area contributed by atoms with E-state index in [1.165, 1.54) is 50.6 Å². The third-order valence-electron chi connectivity index (χ3n) is 4.84. The molecule has 0 radical (unpaired) electrons. The molecule has 0 bridgehead atoms. The highest BCUT2D eigenvalue weighted by molar-refractivity contribution is 5.31. The summed E-state index contributed by atoms with van der Waals surface area (Å²) in [4.78, 5) is 0. The Hall–Kier alpha value is -0.820. The van der Waals surface area contributed by atoms with Crippen molar-refractivity contribution < 1.29 is 0 Å². The second kappa shape index (κ2) is 5.05. The summed E-state index contributed by atoms with van der Waals surface area (Å²) in [5.41, 5.74) is 3.31. The van der Waals surface area contributed by atoms with Crippen molar-refractivity contribution in [2.45, 2.75) is 57.4 Å². The van der Waals surface area contributed by atoms with E-state index in [0.29, 0.717) is 5.54 Å². The molecule has 1 saturated heterocycles. The molecule has 1 N–H and O–H groups in total. The van der Waals surface area contributed by atoms with E-state index in [4.69, 9.17) is 0 Å². The van der Waals surface area contributed by atoms with Gasteiger partial charge in [-0.2, -0.15) is 0 Å². The van der Waals surface area contributed by atoms with Crippen molar-refractivity contribution in [3.63, 3.8) is 0 Å². The number of rotatable bonds is 3. The number of hydrogen-bond donors (Lipinski definition) is 1. The minimum atomic E-state index is 0.308. The Bertz CT molecular complexity index is 381. The molecule has 1 heterocycles. The van der Waals surface area contributed by atoms with Crippen LogP contribution < -0.4 is 5.32 Å². The molecule has 1 saturated carbocycles. The van der Waals surface area contributed by atoms with Gasteiger partial charge in [0.2, 0.25) is 0 Å². The highest BCUT2D eigenvalue weighted by Gasteiger charge is 2.45. The molecular formula is C17H25N.